The van der Waals surface area contributed by atoms with Crippen LogP contribution in [-0.2, 0) is 32.6 Å². The number of carbonyl (C=O) groups is 2. The number of aryl methyl sites for hydroxylation is 1. The second-order valence-electron chi connectivity index (χ2n) is 7.84. The number of sulfonamides is 1. The van der Waals surface area contributed by atoms with Gasteiger partial charge < -0.3 is 10.2 Å². The maximum absolute atomic E-state index is 13.0. The maximum atomic E-state index is 13.0. The first-order valence-corrected chi connectivity index (χ1v) is 11.9. The smallest absolute Gasteiger partial charge is 0.242 e. The number of amides is 2. The van der Waals surface area contributed by atoms with Crippen molar-refractivity contribution >= 4 is 21.8 Å². The van der Waals surface area contributed by atoms with E-state index in [9.17, 15) is 18.0 Å². The van der Waals surface area contributed by atoms with Gasteiger partial charge in [-0.15, -0.1) is 0 Å². The minimum absolute atomic E-state index is 0.0557. The van der Waals surface area contributed by atoms with Gasteiger partial charge >= 0.3 is 0 Å². The van der Waals surface area contributed by atoms with Crippen molar-refractivity contribution in [2.24, 2.45) is 0 Å². The predicted octanol–water partition coefficient (Wildman–Crippen LogP) is 2.22. The second-order valence-corrected chi connectivity index (χ2v) is 9.55. The van der Waals surface area contributed by atoms with Crippen molar-refractivity contribution in [2.75, 3.05) is 7.05 Å². The molecule has 0 saturated heterocycles. The van der Waals surface area contributed by atoms with E-state index in [0.717, 1.165) is 24.0 Å². The molecule has 2 N–H and O–H groups in total. The lowest BCUT2D eigenvalue weighted by atomic mass is 10.1. The van der Waals surface area contributed by atoms with E-state index in [-0.39, 0.29) is 29.2 Å². The Labute approximate surface area is 183 Å². The average molecular weight is 444 g/mol. The summed E-state index contributed by atoms with van der Waals surface area (Å²) in [7, 11) is -1.93. The van der Waals surface area contributed by atoms with E-state index in [0.29, 0.717) is 13.0 Å². The minimum Gasteiger partial charge on any atom is -0.357 e. The Kier molecular flexibility index (Phi) is 7.46. The fourth-order valence-corrected chi connectivity index (χ4v) is 4.60. The van der Waals surface area contributed by atoms with Crippen molar-refractivity contribution in [1.82, 2.24) is 14.9 Å². The Morgan fingerprint density at radius 3 is 2.26 bits per heavy atom. The molecular weight excluding hydrogens is 414 g/mol. The fraction of sp³-hybridized carbons (Fsp3) is 0.391. The summed E-state index contributed by atoms with van der Waals surface area (Å²) in [5, 5.41) is 2.60. The molecule has 1 atom stereocenters. The van der Waals surface area contributed by atoms with E-state index < -0.39 is 16.1 Å². The van der Waals surface area contributed by atoms with E-state index in [4.69, 9.17) is 0 Å². The molecule has 8 heteroatoms. The normalized spacial score (nSPS) is 14.6. The zero-order chi connectivity index (χ0) is 22.4. The minimum atomic E-state index is -3.49. The molecule has 7 nitrogen and oxygen atoms in total. The van der Waals surface area contributed by atoms with Crippen LogP contribution in [0.4, 0.5) is 0 Å². The van der Waals surface area contributed by atoms with Gasteiger partial charge in [0.2, 0.25) is 21.8 Å². The van der Waals surface area contributed by atoms with Gasteiger partial charge in [-0.05, 0) is 49.4 Å². The third kappa shape index (κ3) is 6.38. The summed E-state index contributed by atoms with van der Waals surface area (Å²) < 4.78 is 27.2. The summed E-state index contributed by atoms with van der Waals surface area (Å²) in [6.45, 7) is 2.06. The number of rotatable bonds is 10. The van der Waals surface area contributed by atoms with Crippen LogP contribution >= 0.6 is 0 Å². The molecule has 0 aliphatic heterocycles. The summed E-state index contributed by atoms with van der Waals surface area (Å²) in [5.74, 6) is -0.353. The summed E-state index contributed by atoms with van der Waals surface area (Å²) in [4.78, 5) is 26.9. The summed E-state index contributed by atoms with van der Waals surface area (Å²) >= 11 is 0. The van der Waals surface area contributed by atoms with E-state index in [1.807, 2.05) is 30.3 Å². The average Bonchev–Trinajstić information content (AvgIpc) is 3.59. The predicted molar refractivity (Wildman–Crippen MR) is 119 cm³/mol. The molecule has 3 rings (SSSR count). The first-order valence-electron chi connectivity index (χ1n) is 10.5. The number of hydrogen-bond donors (Lipinski definition) is 2. The monoisotopic (exact) mass is 443 g/mol. The summed E-state index contributed by atoms with van der Waals surface area (Å²) in [5.41, 5.74) is 1.82. The molecule has 1 aliphatic rings. The number of carbonyl (C=O) groups excluding carboxylic acids is 2. The lowest BCUT2D eigenvalue weighted by Crippen LogP contribution is -2.46. The van der Waals surface area contributed by atoms with E-state index in [1.54, 1.807) is 43.1 Å². The number of hydrogen-bond acceptors (Lipinski definition) is 4. The van der Waals surface area contributed by atoms with Gasteiger partial charge in [-0.3, -0.25) is 9.59 Å². The Morgan fingerprint density at radius 1 is 1.03 bits per heavy atom. The van der Waals surface area contributed by atoms with E-state index in [1.165, 1.54) is 0 Å². The van der Waals surface area contributed by atoms with Crippen LogP contribution in [-0.4, -0.2) is 44.3 Å². The highest BCUT2D eigenvalue weighted by molar-refractivity contribution is 7.89. The van der Waals surface area contributed by atoms with Crippen LogP contribution in [0.2, 0.25) is 0 Å². The van der Waals surface area contributed by atoms with Gasteiger partial charge in [0.1, 0.15) is 6.04 Å². The zero-order valence-electron chi connectivity index (χ0n) is 17.9. The molecule has 2 aromatic carbocycles. The quantitative estimate of drug-likeness (QED) is 0.589. The summed E-state index contributed by atoms with van der Waals surface area (Å²) in [6.07, 6.45) is 2.45. The second kappa shape index (κ2) is 10.1. The van der Waals surface area contributed by atoms with Crippen molar-refractivity contribution in [1.29, 1.82) is 0 Å². The Bertz CT molecular complexity index is 1000. The number of nitrogens with one attached hydrogen (secondary N) is 2. The van der Waals surface area contributed by atoms with Gasteiger partial charge in [0.25, 0.3) is 0 Å². The van der Waals surface area contributed by atoms with Crippen molar-refractivity contribution in [3.63, 3.8) is 0 Å². The van der Waals surface area contributed by atoms with Gasteiger partial charge in [0, 0.05) is 26.1 Å². The van der Waals surface area contributed by atoms with Crippen LogP contribution in [0.5, 0.6) is 0 Å². The van der Waals surface area contributed by atoms with Gasteiger partial charge in [-0.25, -0.2) is 13.1 Å². The topological polar surface area (TPSA) is 95.6 Å². The highest BCUT2D eigenvalue weighted by Crippen LogP contribution is 2.22. The maximum Gasteiger partial charge on any atom is 0.242 e. The highest BCUT2D eigenvalue weighted by atomic mass is 32.2. The zero-order valence-corrected chi connectivity index (χ0v) is 18.7. The molecule has 0 heterocycles. The Morgan fingerprint density at radius 2 is 1.68 bits per heavy atom. The van der Waals surface area contributed by atoms with Crippen molar-refractivity contribution in [2.45, 2.75) is 56.1 Å². The largest absolute Gasteiger partial charge is 0.357 e. The Hall–Kier alpha value is -2.71. The molecule has 0 spiro atoms. The molecule has 0 unspecified atom stereocenters. The van der Waals surface area contributed by atoms with Gasteiger partial charge in [0.15, 0.2) is 0 Å². The third-order valence-electron chi connectivity index (χ3n) is 5.37. The van der Waals surface area contributed by atoms with Crippen molar-refractivity contribution in [3.8, 4) is 0 Å². The fourth-order valence-electron chi connectivity index (χ4n) is 3.29. The van der Waals surface area contributed by atoms with Crippen LogP contribution in [0, 0.1) is 0 Å². The van der Waals surface area contributed by atoms with E-state index >= 15 is 0 Å². The van der Waals surface area contributed by atoms with Gasteiger partial charge in [0.05, 0.1) is 4.90 Å². The molecule has 0 bridgehead atoms. The molecule has 0 radical (unpaired) electrons. The third-order valence-corrected chi connectivity index (χ3v) is 6.91. The lowest BCUT2D eigenvalue weighted by molar-refractivity contribution is -0.140. The molecule has 2 amide bonds. The standard InChI is InChI=1S/C23H29N3O4S/c1-17(23(28)24-2)26(16-19-6-4-3-5-7-19)22(27)15-10-18-8-13-21(14-9-18)31(29,30)25-20-11-12-20/h3-9,13-14,17,20,25H,10-12,15-16H2,1-2H3,(H,24,28)/t17-/m1/s1. The molecule has 1 aliphatic carbocycles. The van der Waals surface area contributed by atoms with Crippen LogP contribution in [0.15, 0.2) is 59.5 Å². The van der Waals surface area contributed by atoms with Crippen molar-refractivity contribution < 1.29 is 18.0 Å². The van der Waals surface area contributed by atoms with Crippen LogP contribution in [0.3, 0.4) is 0 Å². The van der Waals surface area contributed by atoms with Gasteiger partial charge in [-0.2, -0.15) is 0 Å². The molecule has 1 saturated carbocycles. The molecule has 2 aromatic rings. The summed E-state index contributed by atoms with van der Waals surface area (Å²) in [6, 6.07) is 15.6. The first-order chi connectivity index (χ1) is 14.8. The first kappa shape index (κ1) is 23.0. The number of likely N-dealkylation sites (N-methyl/N-ethyl adjacent to an activating group) is 1. The molecule has 166 valence electrons. The molecular formula is C23H29N3O4S. The van der Waals surface area contributed by atoms with Crippen molar-refractivity contribution in [3.05, 3.63) is 65.7 Å². The van der Waals surface area contributed by atoms with Crippen LogP contribution < -0.4 is 10.0 Å². The SMILES string of the molecule is CNC(=O)[C@@H](C)N(Cc1ccccc1)C(=O)CCc1ccc(S(=O)(=O)NC2CC2)cc1. The van der Waals surface area contributed by atoms with Crippen LogP contribution in [0.1, 0.15) is 37.3 Å². The molecule has 31 heavy (non-hydrogen) atoms. The lowest BCUT2D eigenvalue weighted by Gasteiger charge is -2.28. The van der Waals surface area contributed by atoms with Crippen LogP contribution in [0.25, 0.3) is 0 Å². The van der Waals surface area contributed by atoms with Gasteiger partial charge in [-0.1, -0.05) is 42.5 Å². The Balaban J connectivity index is 1.64. The number of nitrogens with zero attached hydrogens (tertiary/aromatic N) is 1. The molecule has 1 fully saturated rings. The molecule has 0 aromatic heterocycles. The highest BCUT2D eigenvalue weighted by Gasteiger charge is 2.28. The number of benzene rings is 2. The van der Waals surface area contributed by atoms with E-state index in [2.05, 4.69) is 10.0 Å².